The van der Waals surface area contributed by atoms with Crippen molar-refractivity contribution in [2.24, 2.45) is 5.73 Å². The standard InChI is InChI=1S/C19H21FN2O/c1-12-7-9-14(10-8-12)19(2,20)18(23)22-16-11-13-5-3-4-6-15(13)17(16)21/h3-10,16-17H,11,21H2,1-2H3,(H,22,23)/t16-,17-,19?/m0/s1. The van der Waals surface area contributed by atoms with Gasteiger partial charge in [-0.15, -0.1) is 0 Å². The van der Waals surface area contributed by atoms with Crippen LogP contribution in [0.5, 0.6) is 0 Å². The molecule has 0 heterocycles. The van der Waals surface area contributed by atoms with E-state index in [1.807, 2.05) is 31.2 Å². The van der Waals surface area contributed by atoms with Crippen molar-refractivity contribution in [3.63, 3.8) is 0 Å². The molecule has 0 aromatic heterocycles. The Morgan fingerprint density at radius 3 is 2.52 bits per heavy atom. The lowest BCUT2D eigenvalue weighted by Gasteiger charge is -2.25. The molecule has 0 saturated carbocycles. The number of carbonyl (C=O) groups is 1. The summed E-state index contributed by atoms with van der Waals surface area (Å²) >= 11 is 0. The average Bonchev–Trinajstić information content (AvgIpc) is 2.84. The van der Waals surface area contributed by atoms with Crippen LogP contribution in [0.3, 0.4) is 0 Å². The molecule has 23 heavy (non-hydrogen) atoms. The van der Waals surface area contributed by atoms with Gasteiger partial charge in [-0.3, -0.25) is 4.79 Å². The Kier molecular flexibility index (Phi) is 3.94. The lowest BCUT2D eigenvalue weighted by molar-refractivity contribution is -0.133. The third-order valence-corrected chi connectivity index (χ3v) is 4.62. The average molecular weight is 312 g/mol. The summed E-state index contributed by atoms with van der Waals surface area (Å²) in [6, 6.07) is 14.2. The largest absolute Gasteiger partial charge is 0.348 e. The molecule has 0 aliphatic heterocycles. The molecule has 2 aromatic carbocycles. The van der Waals surface area contributed by atoms with Gasteiger partial charge >= 0.3 is 0 Å². The van der Waals surface area contributed by atoms with E-state index < -0.39 is 11.6 Å². The highest BCUT2D eigenvalue weighted by atomic mass is 19.1. The number of fused-ring (bicyclic) bond motifs is 1. The number of hydrogen-bond donors (Lipinski definition) is 2. The molecule has 0 fully saturated rings. The third-order valence-electron chi connectivity index (χ3n) is 4.62. The second-order valence-electron chi connectivity index (χ2n) is 6.38. The van der Waals surface area contributed by atoms with Crippen molar-refractivity contribution in [1.82, 2.24) is 5.32 Å². The molecule has 0 saturated heterocycles. The Hall–Kier alpha value is -2.20. The van der Waals surface area contributed by atoms with Crippen LogP contribution in [0.1, 0.15) is 35.2 Å². The number of alkyl halides is 1. The first-order valence-electron chi connectivity index (χ1n) is 7.80. The van der Waals surface area contributed by atoms with Crippen LogP contribution in [0.25, 0.3) is 0 Å². The second kappa shape index (κ2) is 5.78. The molecule has 2 aromatic rings. The smallest absolute Gasteiger partial charge is 0.262 e. The number of amides is 1. The highest BCUT2D eigenvalue weighted by Crippen LogP contribution is 2.31. The Bertz CT molecular complexity index is 724. The van der Waals surface area contributed by atoms with Crippen LogP contribution in [-0.2, 0) is 16.9 Å². The van der Waals surface area contributed by atoms with Crippen molar-refractivity contribution < 1.29 is 9.18 Å². The number of halogens is 1. The molecule has 0 radical (unpaired) electrons. The topological polar surface area (TPSA) is 55.1 Å². The lowest BCUT2D eigenvalue weighted by Crippen LogP contribution is -2.47. The molecule has 0 spiro atoms. The minimum Gasteiger partial charge on any atom is -0.348 e. The molecule has 3 rings (SSSR count). The molecular formula is C19H21FN2O. The zero-order valence-corrected chi connectivity index (χ0v) is 13.3. The van der Waals surface area contributed by atoms with Crippen molar-refractivity contribution in [1.29, 1.82) is 0 Å². The van der Waals surface area contributed by atoms with Gasteiger partial charge in [0.05, 0.1) is 12.1 Å². The fourth-order valence-corrected chi connectivity index (χ4v) is 3.07. The SMILES string of the molecule is Cc1ccc(C(C)(F)C(=O)N[C@H]2Cc3ccccc3[C@@H]2N)cc1. The van der Waals surface area contributed by atoms with Crippen LogP contribution in [-0.4, -0.2) is 11.9 Å². The zero-order valence-electron chi connectivity index (χ0n) is 13.3. The van der Waals surface area contributed by atoms with Gasteiger partial charge in [-0.25, -0.2) is 4.39 Å². The molecule has 1 amide bonds. The summed E-state index contributed by atoms with van der Waals surface area (Å²) in [7, 11) is 0. The van der Waals surface area contributed by atoms with Gasteiger partial charge in [0.25, 0.3) is 5.91 Å². The molecule has 3 N–H and O–H groups in total. The molecule has 4 heteroatoms. The van der Waals surface area contributed by atoms with Crippen molar-refractivity contribution in [3.8, 4) is 0 Å². The number of nitrogens with two attached hydrogens (primary N) is 1. The van der Waals surface area contributed by atoms with E-state index in [0.717, 1.165) is 16.7 Å². The highest BCUT2D eigenvalue weighted by Gasteiger charge is 2.39. The van der Waals surface area contributed by atoms with Gasteiger partial charge < -0.3 is 11.1 Å². The molecule has 1 aliphatic rings. The number of benzene rings is 2. The first kappa shape index (κ1) is 15.7. The fourth-order valence-electron chi connectivity index (χ4n) is 3.07. The molecule has 120 valence electrons. The summed E-state index contributed by atoms with van der Waals surface area (Å²) in [6.07, 6.45) is 0.632. The Morgan fingerprint density at radius 1 is 1.22 bits per heavy atom. The fraction of sp³-hybridized carbons (Fsp3) is 0.316. The molecule has 3 nitrogen and oxygen atoms in total. The van der Waals surface area contributed by atoms with E-state index in [4.69, 9.17) is 5.73 Å². The number of rotatable bonds is 3. The van der Waals surface area contributed by atoms with Crippen LogP contribution < -0.4 is 11.1 Å². The summed E-state index contributed by atoms with van der Waals surface area (Å²) < 4.78 is 15.0. The summed E-state index contributed by atoms with van der Waals surface area (Å²) in [6.45, 7) is 3.22. The minimum absolute atomic E-state index is 0.277. The number of nitrogens with one attached hydrogen (secondary N) is 1. The van der Waals surface area contributed by atoms with Crippen molar-refractivity contribution in [3.05, 3.63) is 70.8 Å². The van der Waals surface area contributed by atoms with Crippen LogP contribution in [0, 0.1) is 6.92 Å². The van der Waals surface area contributed by atoms with Gasteiger partial charge in [-0.1, -0.05) is 54.1 Å². The van der Waals surface area contributed by atoms with Crippen molar-refractivity contribution in [2.45, 2.75) is 38.0 Å². The molecule has 1 aliphatic carbocycles. The monoisotopic (exact) mass is 312 g/mol. The molecular weight excluding hydrogens is 291 g/mol. The van der Waals surface area contributed by atoms with Gasteiger partial charge in [-0.2, -0.15) is 0 Å². The van der Waals surface area contributed by atoms with Gasteiger partial charge in [0.1, 0.15) is 0 Å². The molecule has 3 atom stereocenters. The number of hydrogen-bond acceptors (Lipinski definition) is 2. The van der Waals surface area contributed by atoms with Crippen LogP contribution in [0.4, 0.5) is 4.39 Å². The van der Waals surface area contributed by atoms with Crippen molar-refractivity contribution >= 4 is 5.91 Å². The Balaban J connectivity index is 1.76. The first-order valence-corrected chi connectivity index (χ1v) is 7.80. The van der Waals surface area contributed by atoms with Crippen LogP contribution in [0.15, 0.2) is 48.5 Å². The number of carbonyl (C=O) groups excluding carboxylic acids is 1. The van der Waals surface area contributed by atoms with Gasteiger partial charge in [0.15, 0.2) is 0 Å². The summed E-state index contributed by atoms with van der Waals surface area (Å²) in [5.74, 6) is -0.644. The van der Waals surface area contributed by atoms with Gasteiger partial charge in [0, 0.05) is 0 Å². The van der Waals surface area contributed by atoms with E-state index in [2.05, 4.69) is 5.32 Å². The van der Waals surface area contributed by atoms with Crippen LogP contribution >= 0.6 is 0 Å². The summed E-state index contributed by atoms with van der Waals surface area (Å²) in [5, 5.41) is 2.79. The highest BCUT2D eigenvalue weighted by molar-refractivity contribution is 5.86. The zero-order chi connectivity index (χ0) is 16.6. The maximum absolute atomic E-state index is 15.0. The minimum atomic E-state index is -2.08. The molecule has 0 bridgehead atoms. The first-order chi connectivity index (χ1) is 10.9. The summed E-state index contributed by atoms with van der Waals surface area (Å²) in [4.78, 5) is 12.5. The van der Waals surface area contributed by atoms with Gasteiger partial charge in [-0.05, 0) is 37.0 Å². The predicted octanol–water partition coefficient (Wildman–Crippen LogP) is 2.92. The van der Waals surface area contributed by atoms with Crippen molar-refractivity contribution in [2.75, 3.05) is 0 Å². The Morgan fingerprint density at radius 2 is 1.87 bits per heavy atom. The van der Waals surface area contributed by atoms with E-state index in [1.54, 1.807) is 24.3 Å². The quantitative estimate of drug-likeness (QED) is 0.915. The second-order valence-corrected chi connectivity index (χ2v) is 6.38. The van der Waals surface area contributed by atoms with E-state index in [9.17, 15) is 4.79 Å². The Labute approximate surface area is 135 Å². The summed E-state index contributed by atoms with van der Waals surface area (Å²) in [5.41, 5.74) is 7.63. The predicted molar refractivity (Wildman–Crippen MR) is 88.6 cm³/mol. The molecule has 1 unspecified atom stereocenters. The van der Waals surface area contributed by atoms with E-state index in [1.165, 1.54) is 6.92 Å². The van der Waals surface area contributed by atoms with E-state index in [-0.39, 0.29) is 12.1 Å². The maximum Gasteiger partial charge on any atom is 0.262 e. The van der Waals surface area contributed by atoms with Crippen LogP contribution in [0.2, 0.25) is 0 Å². The normalized spacial score (nSPS) is 22.3. The van der Waals surface area contributed by atoms with E-state index in [0.29, 0.717) is 12.0 Å². The number of aryl methyl sites for hydroxylation is 1. The van der Waals surface area contributed by atoms with Gasteiger partial charge in [0.2, 0.25) is 5.67 Å². The lowest BCUT2D eigenvalue weighted by atomic mass is 9.95. The maximum atomic E-state index is 15.0. The van der Waals surface area contributed by atoms with E-state index >= 15 is 4.39 Å². The third kappa shape index (κ3) is 2.86.